The van der Waals surface area contributed by atoms with Crippen LogP contribution in [0.2, 0.25) is 0 Å². The molecule has 0 radical (unpaired) electrons. The molecule has 4 heteroatoms. The van der Waals surface area contributed by atoms with Crippen molar-refractivity contribution in [1.82, 2.24) is 0 Å². The normalized spacial score (nSPS) is 7.50. The molecule has 0 aliphatic carbocycles. The van der Waals surface area contributed by atoms with Gasteiger partial charge < -0.3 is 4.79 Å². The maximum absolute atomic E-state index is 9.63. The van der Waals surface area contributed by atoms with E-state index in [0.717, 1.165) is 6.29 Å². The van der Waals surface area contributed by atoms with Crippen LogP contribution in [0, 0.1) is 0 Å². The lowest BCUT2D eigenvalue weighted by Gasteiger charge is -1.80. The summed E-state index contributed by atoms with van der Waals surface area (Å²) in [6, 6.07) is 0. The summed E-state index contributed by atoms with van der Waals surface area (Å²) in [6.45, 7) is 0.426. The number of hydrogen-bond donors (Lipinski definition) is 0. The largest absolute Gasteiger partial charge is 0.303 e. The van der Waals surface area contributed by atoms with E-state index in [-0.39, 0.29) is 0 Å². The Labute approximate surface area is 47.1 Å². The van der Waals surface area contributed by atoms with Crippen LogP contribution in [0.4, 0.5) is 0 Å². The second-order valence-corrected chi connectivity index (χ2v) is 1.26. The number of unbranched alkanes of at least 4 members (excludes halogenated alkanes) is 1. The van der Waals surface area contributed by atoms with E-state index in [1.54, 1.807) is 0 Å². The minimum Gasteiger partial charge on any atom is -0.303 e. The Morgan fingerprint density at radius 1 is 1.75 bits per heavy atom. The van der Waals surface area contributed by atoms with Gasteiger partial charge in [0.1, 0.15) is 6.29 Å². The van der Waals surface area contributed by atoms with Crippen LogP contribution >= 0.6 is 0 Å². The third-order valence-electron chi connectivity index (χ3n) is 0.643. The third-order valence-corrected chi connectivity index (χ3v) is 0.643. The van der Waals surface area contributed by atoms with Crippen molar-refractivity contribution in [2.24, 2.45) is 5.11 Å². The Kier molecular flexibility index (Phi) is 5.22. The summed E-state index contributed by atoms with van der Waals surface area (Å²) in [5, 5.41) is 3.23. The molecule has 0 saturated heterocycles. The Balaban J connectivity index is 2.93. The van der Waals surface area contributed by atoms with Gasteiger partial charge >= 0.3 is 0 Å². The highest BCUT2D eigenvalue weighted by Crippen LogP contribution is 1.83. The van der Waals surface area contributed by atoms with Gasteiger partial charge in [0.2, 0.25) is 0 Å². The Hall–Kier alpha value is -1.02. The van der Waals surface area contributed by atoms with E-state index in [2.05, 4.69) is 10.0 Å². The lowest BCUT2D eigenvalue weighted by Crippen LogP contribution is -1.78. The summed E-state index contributed by atoms with van der Waals surface area (Å²) in [5.74, 6) is 0. The number of rotatable bonds is 4. The van der Waals surface area contributed by atoms with E-state index >= 15 is 0 Å². The zero-order chi connectivity index (χ0) is 6.24. The second kappa shape index (κ2) is 5.98. The van der Waals surface area contributed by atoms with Gasteiger partial charge in [0.15, 0.2) is 0 Å². The molecule has 0 unspecified atom stereocenters. The predicted octanol–water partition coefficient (Wildman–Crippen LogP) is 1.28. The van der Waals surface area contributed by atoms with Crippen molar-refractivity contribution in [3.8, 4) is 0 Å². The molecule has 0 spiro atoms. The van der Waals surface area contributed by atoms with Crippen molar-refractivity contribution >= 4 is 6.29 Å². The van der Waals surface area contributed by atoms with E-state index in [4.69, 9.17) is 5.53 Å². The molecule has 0 aliphatic rings. The summed E-state index contributed by atoms with van der Waals surface area (Å²) in [6.07, 6.45) is 1.96. The van der Waals surface area contributed by atoms with Crippen molar-refractivity contribution in [3.05, 3.63) is 10.4 Å². The Bertz CT molecular complexity index is 106. The maximum atomic E-state index is 9.63. The van der Waals surface area contributed by atoms with Gasteiger partial charge in [0.25, 0.3) is 0 Å². The molecule has 0 aromatic rings. The first-order valence-corrected chi connectivity index (χ1v) is 2.36. The summed E-state index contributed by atoms with van der Waals surface area (Å²) in [7, 11) is 0. The van der Waals surface area contributed by atoms with Gasteiger partial charge in [-0.25, -0.2) is 0 Å². The Morgan fingerprint density at radius 3 is 3.00 bits per heavy atom. The van der Waals surface area contributed by atoms with Crippen molar-refractivity contribution in [1.29, 1.82) is 0 Å². The molecular weight excluding hydrogens is 106 g/mol. The predicted molar refractivity (Wildman–Crippen MR) is 29.3 cm³/mol. The molecule has 0 rings (SSSR count). The minimum absolute atomic E-state index is 0.426. The van der Waals surface area contributed by atoms with E-state index < -0.39 is 0 Å². The molecule has 4 nitrogen and oxygen atoms in total. The van der Waals surface area contributed by atoms with Crippen molar-refractivity contribution < 1.29 is 4.79 Å². The summed E-state index contributed by atoms with van der Waals surface area (Å²) >= 11 is 0. The first-order valence-electron chi connectivity index (χ1n) is 2.36. The highest BCUT2D eigenvalue weighted by molar-refractivity contribution is 5.48. The quantitative estimate of drug-likeness (QED) is 0.178. The number of aldehydes is 1. The summed E-state index contributed by atoms with van der Waals surface area (Å²) in [5.41, 5.74) is 7.74. The lowest BCUT2D eigenvalue weighted by atomic mass is 10.3. The second-order valence-electron chi connectivity index (χ2n) is 1.26. The molecule has 44 valence electrons. The highest BCUT2D eigenvalue weighted by Gasteiger charge is 1.79. The van der Waals surface area contributed by atoms with Crippen LogP contribution in [-0.2, 0) is 4.79 Å². The fraction of sp³-hybridized carbons (Fsp3) is 0.750. The molecule has 0 amide bonds. The molecule has 0 aliphatic heterocycles. The zero-order valence-electron chi connectivity index (χ0n) is 4.45. The first-order chi connectivity index (χ1) is 3.91. The molecular formula is C4H7N3O. The average molecular weight is 113 g/mol. The van der Waals surface area contributed by atoms with Gasteiger partial charge in [0.05, 0.1) is 0 Å². The van der Waals surface area contributed by atoms with Crippen LogP contribution in [0.3, 0.4) is 0 Å². The van der Waals surface area contributed by atoms with E-state index in [0.29, 0.717) is 19.4 Å². The number of carbonyl (C=O) groups excluding carboxylic acids is 1. The molecule has 8 heavy (non-hydrogen) atoms. The van der Waals surface area contributed by atoms with E-state index in [9.17, 15) is 4.79 Å². The van der Waals surface area contributed by atoms with Gasteiger partial charge in [0, 0.05) is 17.9 Å². The molecule has 0 aromatic carbocycles. The first kappa shape index (κ1) is 6.98. The van der Waals surface area contributed by atoms with Gasteiger partial charge in [-0.05, 0) is 12.0 Å². The number of hydrogen-bond acceptors (Lipinski definition) is 2. The molecule has 0 heterocycles. The van der Waals surface area contributed by atoms with Gasteiger partial charge in [-0.15, -0.1) is 0 Å². The zero-order valence-corrected chi connectivity index (χ0v) is 4.45. The fourth-order valence-electron chi connectivity index (χ4n) is 0.290. The third kappa shape index (κ3) is 4.98. The van der Waals surface area contributed by atoms with Crippen LogP contribution in [-0.4, -0.2) is 12.8 Å². The molecule has 0 atom stereocenters. The van der Waals surface area contributed by atoms with Crippen molar-refractivity contribution in [3.63, 3.8) is 0 Å². The molecule has 0 aromatic heterocycles. The molecule has 0 fully saturated rings. The summed E-state index contributed by atoms with van der Waals surface area (Å²) in [4.78, 5) is 12.1. The van der Waals surface area contributed by atoms with E-state index in [1.807, 2.05) is 0 Å². The smallest absolute Gasteiger partial charge is 0.119 e. The Morgan fingerprint density at radius 2 is 2.50 bits per heavy atom. The SMILES string of the molecule is [N-]=[N+]=NCCCC=O. The van der Waals surface area contributed by atoms with Gasteiger partial charge in [-0.1, -0.05) is 5.11 Å². The molecule has 0 N–H and O–H groups in total. The monoisotopic (exact) mass is 113 g/mol. The van der Waals surface area contributed by atoms with Crippen molar-refractivity contribution in [2.45, 2.75) is 12.8 Å². The van der Waals surface area contributed by atoms with E-state index in [1.165, 1.54) is 0 Å². The van der Waals surface area contributed by atoms with Crippen LogP contribution < -0.4 is 0 Å². The van der Waals surface area contributed by atoms with Crippen LogP contribution in [0.5, 0.6) is 0 Å². The minimum atomic E-state index is 0.426. The van der Waals surface area contributed by atoms with Gasteiger partial charge in [-0.2, -0.15) is 0 Å². The number of carbonyl (C=O) groups is 1. The number of nitrogens with zero attached hydrogens (tertiary/aromatic N) is 3. The average Bonchev–Trinajstić information content (AvgIpc) is 1.81. The van der Waals surface area contributed by atoms with Crippen molar-refractivity contribution in [2.75, 3.05) is 6.54 Å². The topological polar surface area (TPSA) is 65.8 Å². The van der Waals surface area contributed by atoms with Gasteiger partial charge in [-0.3, -0.25) is 0 Å². The highest BCUT2D eigenvalue weighted by atomic mass is 16.1. The van der Waals surface area contributed by atoms with Crippen LogP contribution in [0.15, 0.2) is 5.11 Å². The number of azide groups is 1. The molecule has 0 bridgehead atoms. The standard InChI is InChI=1S/C4H7N3O/c5-7-6-3-1-2-4-8/h4H,1-3H2. The lowest BCUT2D eigenvalue weighted by molar-refractivity contribution is -0.107. The fourth-order valence-corrected chi connectivity index (χ4v) is 0.290. The maximum Gasteiger partial charge on any atom is 0.119 e. The van der Waals surface area contributed by atoms with Crippen LogP contribution in [0.25, 0.3) is 10.4 Å². The summed E-state index contributed by atoms with van der Waals surface area (Å²) < 4.78 is 0. The van der Waals surface area contributed by atoms with Crippen LogP contribution in [0.1, 0.15) is 12.8 Å². The molecule has 0 saturated carbocycles.